The fraction of sp³-hybridized carbons (Fsp3) is 0.591. The van der Waals surface area contributed by atoms with Crippen LogP contribution in [0.2, 0.25) is 0 Å². The van der Waals surface area contributed by atoms with Gasteiger partial charge in [-0.1, -0.05) is 151 Å². The summed E-state index contributed by atoms with van der Waals surface area (Å²) in [5.41, 5.74) is 4.84. The van der Waals surface area contributed by atoms with Crippen molar-refractivity contribution in [3.63, 3.8) is 0 Å². The van der Waals surface area contributed by atoms with Gasteiger partial charge in [0.2, 0.25) is 0 Å². The van der Waals surface area contributed by atoms with Crippen LogP contribution < -0.4 is 15.9 Å². The van der Waals surface area contributed by atoms with Crippen molar-refractivity contribution in [3.8, 4) is 0 Å². The molecule has 0 N–H and O–H groups in total. The van der Waals surface area contributed by atoms with Crippen LogP contribution in [0.25, 0.3) is 0 Å². The maximum Gasteiger partial charge on any atom is 0 e. The molecule has 6 aliphatic rings. The number of hydrogen-bond acceptors (Lipinski definition) is 0. The molecule has 0 radical (unpaired) electrons. The Balaban J connectivity index is 0.000000538. The minimum absolute atomic E-state index is 0. The Morgan fingerprint density at radius 2 is 1.04 bits per heavy atom. The summed E-state index contributed by atoms with van der Waals surface area (Å²) >= 11 is 0. The van der Waals surface area contributed by atoms with E-state index in [0.29, 0.717) is 0 Å². The fourth-order valence-corrected chi connectivity index (χ4v) is 19.3. The van der Waals surface area contributed by atoms with Gasteiger partial charge in [0, 0.05) is 17.1 Å². The molecule has 252 valence electrons. The average Bonchev–Trinajstić information content (AvgIpc) is 3.97. The van der Waals surface area contributed by atoms with Crippen LogP contribution >= 0.6 is 15.8 Å². The molecular weight excluding hydrogens is 646 g/mol. The van der Waals surface area contributed by atoms with Crippen molar-refractivity contribution in [2.45, 2.75) is 133 Å². The van der Waals surface area contributed by atoms with E-state index in [0.717, 1.165) is 52.5 Å². The summed E-state index contributed by atoms with van der Waals surface area (Å²) in [5.74, 6) is 5.96. The van der Waals surface area contributed by atoms with Crippen LogP contribution in [-0.2, 0) is 17.1 Å². The second-order valence-electron chi connectivity index (χ2n) is 16.2. The Labute approximate surface area is 300 Å². The van der Waals surface area contributed by atoms with E-state index < -0.39 is 7.92 Å². The van der Waals surface area contributed by atoms with Crippen LogP contribution in [0.1, 0.15) is 121 Å². The second kappa shape index (κ2) is 15.9. The molecule has 3 heteroatoms. The Morgan fingerprint density at radius 3 is 1.53 bits per heavy atom. The summed E-state index contributed by atoms with van der Waals surface area (Å²) in [4.78, 5) is 0. The van der Waals surface area contributed by atoms with Crippen molar-refractivity contribution in [1.82, 2.24) is 0 Å². The van der Waals surface area contributed by atoms with E-state index in [1.807, 2.05) is 0 Å². The van der Waals surface area contributed by atoms with Crippen LogP contribution in [0.4, 0.5) is 0 Å². The van der Waals surface area contributed by atoms with Crippen LogP contribution in [0.5, 0.6) is 0 Å². The van der Waals surface area contributed by atoms with E-state index in [1.54, 1.807) is 62.2 Å². The van der Waals surface area contributed by atoms with Gasteiger partial charge >= 0.3 is 0 Å². The predicted molar refractivity (Wildman–Crippen MR) is 203 cm³/mol. The van der Waals surface area contributed by atoms with Gasteiger partial charge in [-0.05, 0) is 133 Å². The number of hydrogen-bond donors (Lipinski definition) is 0. The summed E-state index contributed by atoms with van der Waals surface area (Å²) in [6, 6.07) is 32.6. The summed E-state index contributed by atoms with van der Waals surface area (Å²) in [7, 11) is -0.446. The Bertz CT molecular complexity index is 1330. The van der Waals surface area contributed by atoms with Crippen LogP contribution in [-0.4, -0.2) is 17.0 Å². The van der Waals surface area contributed by atoms with Crippen molar-refractivity contribution in [1.29, 1.82) is 0 Å². The van der Waals surface area contributed by atoms with Gasteiger partial charge in [-0.25, -0.2) is 0 Å². The topological polar surface area (TPSA) is 0 Å². The molecule has 3 aromatic rings. The molecule has 47 heavy (non-hydrogen) atoms. The zero-order valence-electron chi connectivity index (χ0n) is 28.8. The molecule has 9 rings (SSSR count). The standard InChI is InChI=1S/C39H48P2.C5H10.Fe/c1-27(40(38-25-28-19-21-30(38)23-28)39-26-29-20-22-31(39)24-29)34-16-10-17-35(34)36-15-8-9-18-37(36)41(32-11-4-2-5-12-32)33-13-6-3-7-14-33;1-2-4-5-3-1;/h2-9,11-15,18,27-31,34-35,38-39H,10,16-17,19-26H2,1H3;1-5H2;. The number of rotatable bonds is 8. The first-order valence-electron chi connectivity index (χ1n) is 19.5. The molecule has 0 aromatic heterocycles. The van der Waals surface area contributed by atoms with Crippen molar-refractivity contribution in [2.24, 2.45) is 29.6 Å². The molecule has 0 amide bonds. The zero-order valence-corrected chi connectivity index (χ0v) is 31.7. The SMILES string of the molecule is C1CCCC1.CC(C1CCCC1c1ccccc1P(c1ccccc1)c1ccccc1)P(C1CC2CCC1C2)C1CC2CCC1C2.[Fe]. The van der Waals surface area contributed by atoms with Gasteiger partial charge in [-0.15, -0.1) is 0 Å². The Kier molecular flexibility index (Phi) is 11.7. The largest absolute Gasteiger partial charge is 0.0965 e. The van der Waals surface area contributed by atoms with E-state index in [2.05, 4.69) is 91.9 Å². The fourth-order valence-electron chi connectivity index (χ4n) is 11.6. The van der Waals surface area contributed by atoms with Gasteiger partial charge in [0.15, 0.2) is 0 Å². The average molecular weight is 705 g/mol. The third-order valence-electron chi connectivity index (χ3n) is 13.7. The summed E-state index contributed by atoms with van der Waals surface area (Å²) in [6.45, 7) is 2.80. The molecule has 3 aromatic carbocycles. The van der Waals surface area contributed by atoms with Gasteiger partial charge in [0.1, 0.15) is 0 Å². The molecule has 9 atom stereocenters. The molecule has 6 fully saturated rings. The molecule has 0 heterocycles. The molecular formula is C44H58FeP2. The zero-order chi connectivity index (χ0) is 30.9. The normalized spacial score (nSPS) is 33.4. The molecule has 0 nitrogen and oxygen atoms in total. The van der Waals surface area contributed by atoms with E-state index in [9.17, 15) is 0 Å². The number of benzene rings is 3. The van der Waals surface area contributed by atoms with Gasteiger partial charge in [-0.2, -0.15) is 0 Å². The predicted octanol–water partition coefficient (Wildman–Crippen LogP) is 11.5. The first-order valence-corrected chi connectivity index (χ1v) is 22.4. The first-order chi connectivity index (χ1) is 22.7. The maximum atomic E-state index is 2.80. The molecule has 0 spiro atoms. The van der Waals surface area contributed by atoms with E-state index in [4.69, 9.17) is 0 Å². The third-order valence-corrected chi connectivity index (χ3v) is 20.3. The van der Waals surface area contributed by atoms with Crippen LogP contribution in [0.15, 0.2) is 84.9 Å². The third kappa shape index (κ3) is 7.28. The first kappa shape index (κ1) is 34.5. The van der Waals surface area contributed by atoms with Crippen LogP contribution in [0.3, 0.4) is 0 Å². The molecule has 9 unspecified atom stereocenters. The minimum Gasteiger partial charge on any atom is -0.0965 e. The Morgan fingerprint density at radius 1 is 0.532 bits per heavy atom. The van der Waals surface area contributed by atoms with E-state index >= 15 is 0 Å². The van der Waals surface area contributed by atoms with E-state index in [1.165, 1.54) is 62.0 Å². The van der Waals surface area contributed by atoms with Crippen molar-refractivity contribution < 1.29 is 17.1 Å². The van der Waals surface area contributed by atoms with Gasteiger partial charge in [-0.3, -0.25) is 0 Å². The molecule has 6 aliphatic carbocycles. The van der Waals surface area contributed by atoms with Gasteiger partial charge in [0.25, 0.3) is 0 Å². The molecule has 0 saturated heterocycles. The van der Waals surface area contributed by atoms with Crippen molar-refractivity contribution >= 4 is 31.8 Å². The van der Waals surface area contributed by atoms with Gasteiger partial charge in [0.05, 0.1) is 0 Å². The minimum atomic E-state index is -0.557. The number of fused-ring (bicyclic) bond motifs is 4. The summed E-state index contributed by atoms with van der Waals surface area (Å²) in [5, 5.41) is 4.62. The molecule has 6 saturated carbocycles. The summed E-state index contributed by atoms with van der Waals surface area (Å²) < 4.78 is 0. The summed E-state index contributed by atoms with van der Waals surface area (Å²) in [6.07, 6.45) is 24.4. The Hall–Kier alpha value is -0.961. The van der Waals surface area contributed by atoms with Crippen LogP contribution in [0, 0.1) is 29.6 Å². The smallest absolute Gasteiger partial charge is 0 e. The second-order valence-corrected chi connectivity index (χ2v) is 21.4. The molecule has 4 bridgehead atoms. The monoisotopic (exact) mass is 704 g/mol. The van der Waals surface area contributed by atoms with Crippen molar-refractivity contribution in [3.05, 3.63) is 90.5 Å². The van der Waals surface area contributed by atoms with E-state index in [-0.39, 0.29) is 25.0 Å². The maximum absolute atomic E-state index is 2.80. The van der Waals surface area contributed by atoms with Gasteiger partial charge < -0.3 is 0 Å². The molecule has 0 aliphatic heterocycles. The quantitative estimate of drug-likeness (QED) is 0.162. The van der Waals surface area contributed by atoms with Crippen molar-refractivity contribution in [2.75, 3.05) is 0 Å².